The maximum Gasteiger partial charge on any atom is 0.0563 e. The first-order valence-corrected chi connectivity index (χ1v) is 3.45. The topological polar surface area (TPSA) is 40.5 Å². The van der Waals surface area contributed by atoms with Crippen LogP contribution in [0.4, 0.5) is 0 Å². The molecule has 0 aliphatic heterocycles. The summed E-state index contributed by atoms with van der Waals surface area (Å²) in [5, 5.41) is 17.0. The second kappa shape index (κ2) is 6.16. The van der Waals surface area contributed by atoms with E-state index in [0.717, 1.165) is 0 Å². The van der Waals surface area contributed by atoms with E-state index in [-0.39, 0.29) is 21.1 Å². The Bertz CT molecular complexity index is 55.1. The van der Waals surface area contributed by atoms with Crippen LogP contribution >= 0.6 is 0 Å². The molecule has 0 aromatic heterocycles. The van der Waals surface area contributed by atoms with Crippen molar-refractivity contribution in [1.82, 2.24) is 0 Å². The van der Waals surface area contributed by atoms with Gasteiger partial charge in [0.25, 0.3) is 0 Å². The Morgan fingerprint density at radius 1 is 0.636 bits per heavy atom. The van der Waals surface area contributed by atoms with Crippen LogP contribution in [0, 0.1) is 0 Å². The van der Waals surface area contributed by atoms with Crippen molar-refractivity contribution >= 4 is 0 Å². The zero-order chi connectivity index (χ0) is 9.00. The molecular formula is C8H20O2Pt. The van der Waals surface area contributed by atoms with Gasteiger partial charge in [-0.05, 0) is 41.5 Å². The van der Waals surface area contributed by atoms with Gasteiger partial charge in [0.15, 0.2) is 0 Å². The molecule has 0 aliphatic carbocycles. The molecule has 0 rings (SSSR count). The van der Waals surface area contributed by atoms with Crippen molar-refractivity contribution in [3.8, 4) is 0 Å². The number of aliphatic hydroxyl groups is 2. The van der Waals surface area contributed by atoms with E-state index in [1.807, 2.05) is 0 Å². The molecule has 0 atom stereocenters. The van der Waals surface area contributed by atoms with Crippen molar-refractivity contribution in [3.63, 3.8) is 0 Å². The first kappa shape index (κ1) is 17.6. The van der Waals surface area contributed by atoms with Gasteiger partial charge < -0.3 is 10.2 Å². The number of hydrogen-bond donors (Lipinski definition) is 2. The van der Waals surface area contributed by atoms with Crippen molar-refractivity contribution in [3.05, 3.63) is 0 Å². The molecule has 0 saturated carbocycles. The third-order valence-electron chi connectivity index (χ3n) is 0. The minimum atomic E-state index is -0.500. The van der Waals surface area contributed by atoms with Crippen LogP contribution < -0.4 is 0 Å². The second-order valence-corrected chi connectivity index (χ2v) is 4.34. The van der Waals surface area contributed by atoms with Crippen LogP contribution in [0.5, 0.6) is 0 Å². The maximum atomic E-state index is 8.52. The van der Waals surface area contributed by atoms with Gasteiger partial charge in [-0.15, -0.1) is 0 Å². The van der Waals surface area contributed by atoms with E-state index in [0.29, 0.717) is 0 Å². The van der Waals surface area contributed by atoms with Crippen LogP contribution in [0.3, 0.4) is 0 Å². The Kier molecular flexibility index (Phi) is 9.87. The molecule has 0 fully saturated rings. The first-order valence-electron chi connectivity index (χ1n) is 3.45. The standard InChI is InChI=1S/2C4H10O.Pt/c2*1-4(2,3)5;/h2*5H,1-3H3;. The van der Waals surface area contributed by atoms with Crippen molar-refractivity contribution in [2.24, 2.45) is 0 Å². The molecule has 0 radical (unpaired) electrons. The smallest absolute Gasteiger partial charge is 0.0563 e. The van der Waals surface area contributed by atoms with Crippen molar-refractivity contribution in [2.45, 2.75) is 52.7 Å². The van der Waals surface area contributed by atoms with E-state index < -0.39 is 11.2 Å². The van der Waals surface area contributed by atoms with Gasteiger partial charge >= 0.3 is 0 Å². The fraction of sp³-hybridized carbons (Fsp3) is 1.00. The summed E-state index contributed by atoms with van der Waals surface area (Å²) in [6, 6.07) is 0. The van der Waals surface area contributed by atoms with Gasteiger partial charge in [-0.2, -0.15) is 0 Å². The first-order chi connectivity index (χ1) is 4.00. The Morgan fingerprint density at radius 3 is 0.636 bits per heavy atom. The molecule has 0 amide bonds. The largest absolute Gasteiger partial charge is 0.391 e. The van der Waals surface area contributed by atoms with E-state index >= 15 is 0 Å². The summed E-state index contributed by atoms with van der Waals surface area (Å²) in [7, 11) is 0. The van der Waals surface area contributed by atoms with E-state index in [1.54, 1.807) is 41.5 Å². The van der Waals surface area contributed by atoms with Gasteiger partial charge in [0.05, 0.1) is 11.2 Å². The van der Waals surface area contributed by atoms with E-state index in [4.69, 9.17) is 10.2 Å². The van der Waals surface area contributed by atoms with Gasteiger partial charge in [-0.25, -0.2) is 0 Å². The summed E-state index contributed by atoms with van der Waals surface area (Å²) in [6.07, 6.45) is 0. The molecule has 2 nitrogen and oxygen atoms in total. The van der Waals surface area contributed by atoms with Crippen LogP contribution in [-0.4, -0.2) is 21.4 Å². The summed E-state index contributed by atoms with van der Waals surface area (Å²) in [5.74, 6) is 0. The van der Waals surface area contributed by atoms with Crippen LogP contribution in [0.15, 0.2) is 0 Å². The maximum absolute atomic E-state index is 8.52. The third kappa shape index (κ3) is 2120. The summed E-state index contributed by atoms with van der Waals surface area (Å²) in [5.41, 5.74) is -1.00. The molecule has 0 spiro atoms. The Hall–Kier alpha value is 0.608. The fourth-order valence-corrected chi connectivity index (χ4v) is 0. The average Bonchev–Trinajstić information content (AvgIpc) is 1.12. The van der Waals surface area contributed by atoms with E-state index in [2.05, 4.69) is 0 Å². The molecule has 0 aromatic rings. The Labute approximate surface area is 84.3 Å². The molecule has 0 aromatic carbocycles. The Balaban J connectivity index is -0.000000107. The van der Waals surface area contributed by atoms with Gasteiger partial charge in [-0.1, -0.05) is 0 Å². The second-order valence-electron chi connectivity index (χ2n) is 4.34. The number of rotatable bonds is 0. The third-order valence-corrected chi connectivity index (χ3v) is 0. The van der Waals surface area contributed by atoms with Crippen LogP contribution in [-0.2, 0) is 21.1 Å². The fourth-order valence-electron chi connectivity index (χ4n) is 0. The summed E-state index contributed by atoms with van der Waals surface area (Å²) in [6.45, 7) is 10.5. The summed E-state index contributed by atoms with van der Waals surface area (Å²) >= 11 is 0. The van der Waals surface area contributed by atoms with Gasteiger partial charge in [0, 0.05) is 21.1 Å². The van der Waals surface area contributed by atoms with Gasteiger partial charge in [0.2, 0.25) is 0 Å². The van der Waals surface area contributed by atoms with Crippen molar-refractivity contribution in [1.29, 1.82) is 0 Å². The minimum absolute atomic E-state index is 0. The average molecular weight is 343 g/mol. The normalized spacial score (nSPS) is 10.9. The molecule has 3 heteroatoms. The van der Waals surface area contributed by atoms with Crippen LogP contribution in [0.25, 0.3) is 0 Å². The summed E-state index contributed by atoms with van der Waals surface area (Å²) in [4.78, 5) is 0. The molecule has 0 bridgehead atoms. The monoisotopic (exact) mass is 343 g/mol. The molecular weight excluding hydrogens is 323 g/mol. The van der Waals surface area contributed by atoms with Gasteiger partial charge in [-0.3, -0.25) is 0 Å². The van der Waals surface area contributed by atoms with Gasteiger partial charge in [0.1, 0.15) is 0 Å². The van der Waals surface area contributed by atoms with Crippen molar-refractivity contribution in [2.75, 3.05) is 0 Å². The molecule has 0 heterocycles. The van der Waals surface area contributed by atoms with E-state index in [9.17, 15) is 0 Å². The molecule has 2 N–H and O–H groups in total. The van der Waals surface area contributed by atoms with Crippen molar-refractivity contribution < 1.29 is 31.3 Å². The quantitative estimate of drug-likeness (QED) is 0.701. The Morgan fingerprint density at radius 2 is 0.636 bits per heavy atom. The molecule has 74 valence electrons. The minimum Gasteiger partial charge on any atom is -0.391 e. The molecule has 11 heavy (non-hydrogen) atoms. The van der Waals surface area contributed by atoms with Crippen LogP contribution in [0.1, 0.15) is 41.5 Å². The zero-order valence-corrected chi connectivity index (χ0v) is 10.5. The van der Waals surface area contributed by atoms with E-state index in [1.165, 1.54) is 0 Å². The predicted molar refractivity (Wildman–Crippen MR) is 43.9 cm³/mol. The molecule has 0 saturated heterocycles. The van der Waals surface area contributed by atoms with Crippen LogP contribution in [0.2, 0.25) is 0 Å². The SMILES string of the molecule is CC(C)(C)O.CC(C)(C)O.[Pt]. The zero-order valence-electron chi connectivity index (χ0n) is 8.21. The predicted octanol–water partition coefficient (Wildman–Crippen LogP) is 1.55. The summed E-state index contributed by atoms with van der Waals surface area (Å²) < 4.78 is 0. The molecule has 0 aliphatic rings. The molecule has 0 unspecified atom stereocenters. The number of hydrogen-bond acceptors (Lipinski definition) is 2.